The van der Waals surface area contributed by atoms with Crippen LogP contribution < -0.4 is 5.32 Å². The first kappa shape index (κ1) is 15.9. The smallest absolute Gasteiger partial charge is 0.234 e. The maximum absolute atomic E-state index is 11.7. The van der Waals surface area contributed by atoms with E-state index >= 15 is 0 Å². The molecule has 0 spiro atoms. The highest BCUT2D eigenvalue weighted by atomic mass is 16.3. The third-order valence-electron chi connectivity index (χ3n) is 3.68. The van der Waals surface area contributed by atoms with E-state index < -0.39 is 6.10 Å². The average Bonchev–Trinajstić information content (AvgIpc) is 2.48. The number of benzene rings is 1. The Morgan fingerprint density at radius 2 is 1.81 bits per heavy atom. The molecule has 0 radical (unpaired) electrons. The van der Waals surface area contributed by atoms with Gasteiger partial charge in [0.2, 0.25) is 5.91 Å². The van der Waals surface area contributed by atoms with Crippen molar-refractivity contribution in [3.63, 3.8) is 0 Å². The van der Waals surface area contributed by atoms with Crippen molar-refractivity contribution in [3.8, 4) is 0 Å². The van der Waals surface area contributed by atoms with Crippen LogP contribution in [0.1, 0.15) is 12.5 Å². The lowest BCUT2D eigenvalue weighted by Crippen LogP contribution is -2.49. The minimum Gasteiger partial charge on any atom is -0.392 e. The van der Waals surface area contributed by atoms with E-state index in [9.17, 15) is 4.79 Å². The van der Waals surface area contributed by atoms with Crippen LogP contribution in [0.2, 0.25) is 0 Å². The summed E-state index contributed by atoms with van der Waals surface area (Å²) in [6.45, 7) is 7.19. The molecule has 0 saturated carbocycles. The quantitative estimate of drug-likeness (QED) is 0.791. The van der Waals surface area contributed by atoms with Crippen molar-refractivity contribution in [2.45, 2.75) is 19.6 Å². The number of piperazine rings is 1. The minimum absolute atomic E-state index is 0.00703. The molecule has 0 aromatic heterocycles. The van der Waals surface area contributed by atoms with Crippen LogP contribution >= 0.6 is 0 Å². The van der Waals surface area contributed by atoms with E-state index in [0.29, 0.717) is 13.1 Å². The molecule has 1 aromatic rings. The van der Waals surface area contributed by atoms with Gasteiger partial charge in [-0.05, 0) is 12.5 Å². The molecule has 2 N–H and O–H groups in total. The van der Waals surface area contributed by atoms with E-state index in [1.165, 1.54) is 5.56 Å². The van der Waals surface area contributed by atoms with E-state index in [4.69, 9.17) is 5.11 Å². The lowest BCUT2D eigenvalue weighted by molar-refractivity contribution is -0.123. The Balaban J connectivity index is 1.67. The van der Waals surface area contributed by atoms with Gasteiger partial charge in [-0.2, -0.15) is 0 Å². The Morgan fingerprint density at radius 1 is 1.19 bits per heavy atom. The van der Waals surface area contributed by atoms with Gasteiger partial charge in [-0.3, -0.25) is 14.6 Å². The number of hydrogen-bond donors (Lipinski definition) is 2. The third-order valence-corrected chi connectivity index (χ3v) is 3.68. The Bertz CT molecular complexity index is 428. The largest absolute Gasteiger partial charge is 0.392 e. The molecule has 1 unspecified atom stereocenters. The number of nitrogens with zero attached hydrogens (tertiary/aromatic N) is 2. The zero-order valence-electron chi connectivity index (χ0n) is 12.7. The molecule has 0 aliphatic carbocycles. The first-order valence-electron chi connectivity index (χ1n) is 7.57. The van der Waals surface area contributed by atoms with Gasteiger partial charge in [0.05, 0.1) is 12.6 Å². The standard InChI is InChI=1S/C16H25N3O2/c1-14(20)11-17-16(21)13-19-9-7-18(8-10-19)12-15-5-3-2-4-6-15/h2-6,14,20H,7-13H2,1H3,(H,17,21). The van der Waals surface area contributed by atoms with Crippen molar-refractivity contribution in [1.29, 1.82) is 0 Å². The molecule has 1 aromatic carbocycles. The SMILES string of the molecule is CC(O)CNC(=O)CN1CCN(Cc2ccccc2)CC1. The molecule has 0 bridgehead atoms. The van der Waals surface area contributed by atoms with Crippen LogP contribution in [-0.4, -0.2) is 66.2 Å². The topological polar surface area (TPSA) is 55.8 Å². The van der Waals surface area contributed by atoms with Crippen LogP contribution in [0.3, 0.4) is 0 Å². The van der Waals surface area contributed by atoms with Gasteiger partial charge in [-0.1, -0.05) is 30.3 Å². The lowest BCUT2D eigenvalue weighted by atomic mass is 10.2. The Morgan fingerprint density at radius 3 is 2.43 bits per heavy atom. The zero-order chi connectivity index (χ0) is 15.1. The van der Waals surface area contributed by atoms with Crippen molar-refractivity contribution >= 4 is 5.91 Å². The molecule has 1 atom stereocenters. The highest BCUT2D eigenvalue weighted by molar-refractivity contribution is 5.78. The average molecular weight is 291 g/mol. The van der Waals surface area contributed by atoms with E-state index in [0.717, 1.165) is 32.7 Å². The molecule has 2 rings (SSSR count). The summed E-state index contributed by atoms with van der Waals surface area (Å²) < 4.78 is 0. The first-order chi connectivity index (χ1) is 10.1. The van der Waals surface area contributed by atoms with Crippen molar-refractivity contribution in [3.05, 3.63) is 35.9 Å². The number of nitrogens with one attached hydrogen (secondary N) is 1. The van der Waals surface area contributed by atoms with Crippen LogP contribution in [-0.2, 0) is 11.3 Å². The number of aliphatic hydroxyl groups excluding tert-OH is 1. The molecule has 1 aliphatic rings. The summed E-state index contributed by atoms with van der Waals surface area (Å²) in [5.41, 5.74) is 1.33. The van der Waals surface area contributed by atoms with E-state index in [1.54, 1.807) is 6.92 Å². The summed E-state index contributed by atoms with van der Waals surface area (Å²) in [6, 6.07) is 10.5. The predicted molar refractivity (Wildman–Crippen MR) is 82.8 cm³/mol. The fourth-order valence-electron chi connectivity index (χ4n) is 2.47. The molecule has 21 heavy (non-hydrogen) atoms. The highest BCUT2D eigenvalue weighted by Gasteiger charge is 2.18. The van der Waals surface area contributed by atoms with Crippen LogP contribution in [0, 0.1) is 0 Å². The summed E-state index contributed by atoms with van der Waals surface area (Å²) in [4.78, 5) is 16.3. The van der Waals surface area contributed by atoms with E-state index in [-0.39, 0.29) is 5.91 Å². The summed E-state index contributed by atoms with van der Waals surface area (Å²) >= 11 is 0. The molecular weight excluding hydrogens is 266 g/mol. The summed E-state index contributed by atoms with van der Waals surface area (Å²) in [5, 5.41) is 11.9. The normalized spacial score (nSPS) is 18.4. The maximum Gasteiger partial charge on any atom is 0.234 e. The van der Waals surface area contributed by atoms with Crippen LogP contribution in [0.4, 0.5) is 0 Å². The van der Waals surface area contributed by atoms with Gasteiger partial charge >= 0.3 is 0 Å². The number of amides is 1. The van der Waals surface area contributed by atoms with Crippen molar-refractivity contribution in [2.75, 3.05) is 39.3 Å². The first-order valence-corrected chi connectivity index (χ1v) is 7.57. The molecule has 1 amide bonds. The van der Waals surface area contributed by atoms with Crippen molar-refractivity contribution in [1.82, 2.24) is 15.1 Å². The Kier molecular flexibility index (Phi) is 6.17. The van der Waals surface area contributed by atoms with E-state index in [1.807, 2.05) is 6.07 Å². The highest BCUT2D eigenvalue weighted by Crippen LogP contribution is 2.08. The lowest BCUT2D eigenvalue weighted by Gasteiger charge is -2.34. The molecular formula is C16H25N3O2. The zero-order valence-corrected chi connectivity index (χ0v) is 12.7. The molecule has 5 nitrogen and oxygen atoms in total. The van der Waals surface area contributed by atoms with Crippen molar-refractivity contribution < 1.29 is 9.90 Å². The van der Waals surface area contributed by atoms with Crippen molar-refractivity contribution in [2.24, 2.45) is 0 Å². The second-order valence-corrected chi connectivity index (χ2v) is 5.69. The summed E-state index contributed by atoms with van der Waals surface area (Å²) in [6.07, 6.45) is -0.489. The Labute approximate surface area is 126 Å². The number of carbonyl (C=O) groups excluding carboxylic acids is 1. The number of rotatable bonds is 6. The molecule has 1 aliphatic heterocycles. The van der Waals surface area contributed by atoms with Crippen LogP contribution in [0.15, 0.2) is 30.3 Å². The second kappa shape index (κ2) is 8.12. The number of hydrogen-bond acceptors (Lipinski definition) is 4. The van der Waals surface area contributed by atoms with Gasteiger partial charge in [0.15, 0.2) is 0 Å². The number of carbonyl (C=O) groups is 1. The number of aliphatic hydroxyl groups is 1. The molecule has 1 fully saturated rings. The van der Waals surface area contributed by atoms with Crippen LogP contribution in [0.5, 0.6) is 0 Å². The molecule has 1 heterocycles. The molecule has 116 valence electrons. The molecule has 5 heteroatoms. The maximum atomic E-state index is 11.7. The van der Waals surface area contributed by atoms with Crippen LogP contribution in [0.25, 0.3) is 0 Å². The fourth-order valence-corrected chi connectivity index (χ4v) is 2.47. The summed E-state index contributed by atoms with van der Waals surface area (Å²) in [7, 11) is 0. The van der Waals surface area contributed by atoms with Gasteiger partial charge in [0, 0.05) is 39.3 Å². The Hall–Kier alpha value is -1.43. The third kappa shape index (κ3) is 5.83. The van der Waals surface area contributed by atoms with E-state index in [2.05, 4.69) is 39.4 Å². The predicted octanol–water partition coefficient (Wildman–Crippen LogP) is 0.301. The second-order valence-electron chi connectivity index (χ2n) is 5.69. The van der Waals surface area contributed by atoms with Gasteiger partial charge in [-0.15, -0.1) is 0 Å². The molecule has 1 saturated heterocycles. The minimum atomic E-state index is -0.489. The monoisotopic (exact) mass is 291 g/mol. The van der Waals surface area contributed by atoms with Gasteiger partial charge in [0.1, 0.15) is 0 Å². The van der Waals surface area contributed by atoms with Gasteiger partial charge in [0.25, 0.3) is 0 Å². The summed E-state index contributed by atoms with van der Waals surface area (Å²) in [5.74, 6) is -0.00703. The van der Waals surface area contributed by atoms with Gasteiger partial charge < -0.3 is 10.4 Å². The fraction of sp³-hybridized carbons (Fsp3) is 0.562. The van der Waals surface area contributed by atoms with Gasteiger partial charge in [-0.25, -0.2) is 0 Å².